The van der Waals surface area contributed by atoms with Crippen LogP contribution in [0, 0.1) is 0 Å². The molecule has 5 nitrogen and oxygen atoms in total. The number of allylic oxidation sites excluding steroid dienone is 22. The molecule has 0 heterocycles. The topological polar surface area (TPSA) is 72.8 Å². The summed E-state index contributed by atoms with van der Waals surface area (Å²) in [6.07, 6.45) is 112. The fraction of sp³-hybridized carbons (Fsp3) is 0.704. The van der Waals surface area contributed by atoms with Crippen molar-refractivity contribution >= 4 is 11.9 Å². The summed E-state index contributed by atoms with van der Waals surface area (Å²) in [5.41, 5.74) is 0. The molecule has 0 bridgehead atoms. The zero-order valence-corrected chi connectivity index (χ0v) is 56.5. The minimum atomic E-state index is -0.787. The fourth-order valence-electron chi connectivity index (χ4n) is 10.5. The van der Waals surface area contributed by atoms with Crippen molar-refractivity contribution in [2.75, 3.05) is 13.2 Å². The molecule has 1 atom stereocenters. The predicted molar refractivity (Wildman–Crippen MR) is 380 cm³/mol. The van der Waals surface area contributed by atoms with E-state index in [1.165, 1.54) is 205 Å². The van der Waals surface area contributed by atoms with Crippen LogP contribution in [0.2, 0.25) is 0 Å². The molecular weight excluding hydrogens is 1050 g/mol. The van der Waals surface area contributed by atoms with E-state index in [0.29, 0.717) is 12.8 Å². The number of aliphatic hydroxyl groups excluding tert-OH is 1. The smallest absolute Gasteiger partial charge is 0.306 e. The summed E-state index contributed by atoms with van der Waals surface area (Å²) in [5, 5.41) is 9.71. The van der Waals surface area contributed by atoms with Gasteiger partial charge >= 0.3 is 11.9 Å². The Hall–Kier alpha value is -3.96. The molecule has 1 unspecified atom stereocenters. The molecule has 0 aromatic carbocycles. The second-order valence-electron chi connectivity index (χ2n) is 24.3. The van der Waals surface area contributed by atoms with Gasteiger partial charge in [-0.2, -0.15) is 0 Å². The highest BCUT2D eigenvalue weighted by Gasteiger charge is 2.16. The summed E-state index contributed by atoms with van der Waals surface area (Å²) in [7, 11) is 0. The third-order valence-corrected chi connectivity index (χ3v) is 16.0. The molecule has 0 aliphatic heterocycles. The molecule has 0 rings (SSSR count). The summed E-state index contributed by atoms with van der Waals surface area (Å²) in [6, 6.07) is 0. The van der Waals surface area contributed by atoms with Gasteiger partial charge in [-0.15, -0.1) is 0 Å². The van der Waals surface area contributed by atoms with E-state index < -0.39 is 6.10 Å². The van der Waals surface area contributed by atoms with Crippen LogP contribution in [0.5, 0.6) is 0 Å². The van der Waals surface area contributed by atoms with Crippen LogP contribution in [0.1, 0.15) is 348 Å². The van der Waals surface area contributed by atoms with Gasteiger partial charge in [0, 0.05) is 12.8 Å². The van der Waals surface area contributed by atoms with Gasteiger partial charge in [-0.3, -0.25) is 9.59 Å². The number of rotatable bonds is 67. The lowest BCUT2D eigenvalue weighted by molar-refractivity contribution is -0.161. The Morgan fingerprint density at radius 3 is 0.756 bits per heavy atom. The van der Waals surface area contributed by atoms with Gasteiger partial charge in [0.25, 0.3) is 0 Å². The molecule has 0 aliphatic carbocycles. The first-order valence-corrected chi connectivity index (χ1v) is 36.7. The number of unbranched alkanes of at least 4 members (excludes halogenated alkanes) is 37. The highest BCUT2D eigenvalue weighted by atomic mass is 16.6. The van der Waals surface area contributed by atoms with Gasteiger partial charge in [0.05, 0.1) is 6.61 Å². The number of aliphatic hydroxyl groups is 1. The van der Waals surface area contributed by atoms with Crippen LogP contribution in [-0.4, -0.2) is 36.4 Å². The Kier molecular flexibility index (Phi) is 71.8. The third kappa shape index (κ3) is 72.5. The first-order chi connectivity index (χ1) is 42.6. The average Bonchev–Trinajstić information content (AvgIpc) is 3.54. The van der Waals surface area contributed by atoms with Crippen molar-refractivity contribution in [3.63, 3.8) is 0 Å². The van der Waals surface area contributed by atoms with Crippen molar-refractivity contribution < 1.29 is 24.2 Å². The molecule has 0 aliphatic rings. The Labute approximate surface area is 534 Å². The summed E-state index contributed by atoms with van der Waals surface area (Å²) >= 11 is 0. The number of hydrogen-bond acceptors (Lipinski definition) is 5. The van der Waals surface area contributed by atoms with E-state index in [9.17, 15) is 14.7 Å². The molecule has 0 radical (unpaired) electrons. The maximum atomic E-state index is 12.4. The van der Waals surface area contributed by atoms with Crippen molar-refractivity contribution in [1.82, 2.24) is 0 Å². The van der Waals surface area contributed by atoms with Gasteiger partial charge in [-0.1, -0.05) is 372 Å². The van der Waals surface area contributed by atoms with Gasteiger partial charge in [-0.25, -0.2) is 0 Å². The number of carbonyl (C=O) groups is 2. The maximum absolute atomic E-state index is 12.4. The van der Waals surface area contributed by atoms with Crippen LogP contribution in [0.3, 0.4) is 0 Å². The summed E-state index contributed by atoms with van der Waals surface area (Å²) in [5.74, 6) is -0.596. The zero-order valence-electron chi connectivity index (χ0n) is 56.5. The number of ether oxygens (including phenoxy) is 2. The fourth-order valence-corrected chi connectivity index (χ4v) is 10.5. The highest BCUT2D eigenvalue weighted by molar-refractivity contribution is 5.70. The van der Waals surface area contributed by atoms with Crippen LogP contribution >= 0.6 is 0 Å². The third-order valence-electron chi connectivity index (χ3n) is 16.0. The largest absolute Gasteiger partial charge is 0.462 e. The maximum Gasteiger partial charge on any atom is 0.306 e. The van der Waals surface area contributed by atoms with Crippen LogP contribution < -0.4 is 0 Å². The molecule has 0 saturated carbocycles. The summed E-state index contributed by atoms with van der Waals surface area (Å²) in [6.45, 7) is 4.05. The molecule has 0 amide bonds. The normalized spacial score (nSPS) is 13.0. The molecule has 86 heavy (non-hydrogen) atoms. The van der Waals surface area contributed by atoms with Gasteiger partial charge < -0.3 is 14.6 Å². The van der Waals surface area contributed by atoms with Crippen LogP contribution in [0.4, 0.5) is 0 Å². The molecule has 0 saturated heterocycles. The highest BCUT2D eigenvalue weighted by Crippen LogP contribution is 2.18. The van der Waals surface area contributed by atoms with E-state index in [1.54, 1.807) is 0 Å². The Balaban J connectivity index is 3.53. The van der Waals surface area contributed by atoms with E-state index >= 15 is 0 Å². The average molecular weight is 1190 g/mol. The first kappa shape index (κ1) is 82.0. The standard InChI is InChI=1S/C81H138O5/c1-3-5-7-9-11-13-15-17-19-21-23-25-27-29-31-33-35-36-37-38-39-40-41-42-43-44-46-48-50-52-54-56-58-60-62-64-66-68-70-72-74-76-81(84)86-79(77-82)78-85-80(83)75-73-71-69-67-65-63-61-59-57-55-53-51-49-47-45-34-32-30-28-26-24-22-20-18-16-14-12-10-8-6-4-2/h5,7,11,13,17,19,23,25,29,31,35-36,38-39,41-42,44,46,50,52,56,58,79,82H,3-4,6,8-10,12,14-16,18,20-22,24,26-28,30,32-34,37,40,43,45,47-49,51,53-55,57,59-78H2,1-2H3/b7-5-,13-11-,19-17-,25-23-,31-29-,36-35-,39-38-,42-41-,46-44-,52-50-,58-56-. The minimum absolute atomic E-state index is 0.0734. The molecule has 0 aromatic heterocycles. The van der Waals surface area contributed by atoms with Gasteiger partial charge in [0.15, 0.2) is 6.10 Å². The second-order valence-corrected chi connectivity index (χ2v) is 24.3. The predicted octanol–water partition coefficient (Wildman–Crippen LogP) is 25.9. The van der Waals surface area contributed by atoms with Crippen molar-refractivity contribution in [1.29, 1.82) is 0 Å². The van der Waals surface area contributed by atoms with E-state index in [4.69, 9.17) is 9.47 Å². The van der Waals surface area contributed by atoms with Crippen molar-refractivity contribution in [3.05, 3.63) is 134 Å². The SMILES string of the molecule is CC/C=C\C/C=C\C/C=C\C/C=C\C/C=C\C/C=C\C/C=C\C/C=C\C/C=C\C/C=C\C/C=C\CCCCCCCCCC(=O)OC(CO)COC(=O)CCCCCCCCCCCCCCCCCCCCCCCCCCCCCCCCC. The number of hydrogen-bond donors (Lipinski definition) is 1. The lowest BCUT2D eigenvalue weighted by Gasteiger charge is -2.15. The van der Waals surface area contributed by atoms with Gasteiger partial charge in [-0.05, 0) is 96.3 Å². The molecule has 5 heteroatoms. The number of carbonyl (C=O) groups excluding carboxylic acids is 2. The zero-order chi connectivity index (χ0) is 61.9. The summed E-state index contributed by atoms with van der Waals surface area (Å²) in [4.78, 5) is 24.7. The van der Waals surface area contributed by atoms with Crippen molar-refractivity contribution in [3.8, 4) is 0 Å². The van der Waals surface area contributed by atoms with Crippen LogP contribution in [0.25, 0.3) is 0 Å². The van der Waals surface area contributed by atoms with E-state index in [2.05, 4.69) is 148 Å². The molecule has 0 fully saturated rings. The second kappa shape index (κ2) is 75.3. The van der Waals surface area contributed by atoms with Crippen molar-refractivity contribution in [2.45, 2.75) is 354 Å². The van der Waals surface area contributed by atoms with E-state index in [0.717, 1.165) is 116 Å². The Bertz CT molecular complexity index is 1730. The van der Waals surface area contributed by atoms with E-state index in [-0.39, 0.29) is 25.2 Å². The number of esters is 2. The lowest BCUT2D eigenvalue weighted by Crippen LogP contribution is -2.28. The quantitative estimate of drug-likeness (QED) is 0.0373. The Morgan fingerprint density at radius 2 is 0.500 bits per heavy atom. The molecule has 492 valence electrons. The Morgan fingerprint density at radius 1 is 0.279 bits per heavy atom. The lowest BCUT2D eigenvalue weighted by atomic mass is 10.0. The minimum Gasteiger partial charge on any atom is -0.462 e. The van der Waals surface area contributed by atoms with Crippen LogP contribution in [-0.2, 0) is 19.1 Å². The van der Waals surface area contributed by atoms with E-state index in [1.807, 2.05) is 0 Å². The first-order valence-electron chi connectivity index (χ1n) is 36.7. The molecular formula is C81H138O5. The van der Waals surface area contributed by atoms with Gasteiger partial charge in [0.2, 0.25) is 0 Å². The molecule has 0 aromatic rings. The van der Waals surface area contributed by atoms with Crippen LogP contribution in [0.15, 0.2) is 134 Å². The summed E-state index contributed by atoms with van der Waals surface area (Å²) < 4.78 is 10.8. The monoisotopic (exact) mass is 1190 g/mol. The van der Waals surface area contributed by atoms with Gasteiger partial charge in [0.1, 0.15) is 6.61 Å². The molecule has 0 spiro atoms. The van der Waals surface area contributed by atoms with Crippen molar-refractivity contribution in [2.24, 2.45) is 0 Å². The molecule has 1 N–H and O–H groups in total.